The maximum Gasteiger partial charge on any atom is 0.183 e. The highest BCUT2D eigenvalue weighted by Gasteiger charge is 2.46. The van der Waals surface area contributed by atoms with E-state index in [2.05, 4.69) is 51.8 Å². The molecule has 1 fully saturated rings. The molecule has 1 aromatic rings. The summed E-state index contributed by atoms with van der Waals surface area (Å²) in [6, 6.07) is 0. The number of aliphatic imine (C=N–C) groups is 1. The van der Waals surface area contributed by atoms with Gasteiger partial charge in [-0.25, -0.2) is 14.7 Å². The molecule has 0 aromatic carbocycles. The maximum absolute atomic E-state index is 5.45. The molecule has 15 heavy (non-hydrogen) atoms. The highest BCUT2D eigenvalue weighted by atomic mass is 127. The Bertz CT molecular complexity index is 440. The first-order valence-electron chi connectivity index (χ1n) is 4.90. The Labute approximate surface area is 101 Å². The van der Waals surface area contributed by atoms with E-state index in [4.69, 9.17) is 4.74 Å². The number of epoxide rings is 1. The van der Waals surface area contributed by atoms with Crippen LogP contribution in [0.15, 0.2) is 4.99 Å². The summed E-state index contributed by atoms with van der Waals surface area (Å²) in [5, 5.41) is 0. The van der Waals surface area contributed by atoms with Gasteiger partial charge in [-0.1, -0.05) is 13.8 Å². The van der Waals surface area contributed by atoms with E-state index in [0.29, 0.717) is 5.92 Å². The number of nitrogens with one attached hydrogen (secondary N) is 1. The third-order valence-electron chi connectivity index (χ3n) is 2.56. The summed E-state index contributed by atoms with van der Waals surface area (Å²) in [6.07, 6.45) is 1.76. The van der Waals surface area contributed by atoms with Crippen LogP contribution in [0, 0.1) is 3.70 Å². The minimum absolute atomic E-state index is 0.0102. The number of imidazole rings is 1. The number of halogens is 1. The molecule has 80 valence electrons. The lowest BCUT2D eigenvalue weighted by Gasteiger charge is -2.10. The molecule has 2 unspecified atom stereocenters. The van der Waals surface area contributed by atoms with Gasteiger partial charge >= 0.3 is 0 Å². The van der Waals surface area contributed by atoms with Crippen LogP contribution in [-0.2, 0) is 4.74 Å². The quantitative estimate of drug-likeness (QED) is 0.632. The van der Waals surface area contributed by atoms with Gasteiger partial charge in [-0.05, 0) is 22.6 Å². The Hall–Kier alpha value is -0.630. The first-order chi connectivity index (χ1) is 7.18. The van der Waals surface area contributed by atoms with Crippen LogP contribution in [-0.4, -0.2) is 22.2 Å². The van der Waals surface area contributed by atoms with E-state index in [1.54, 1.807) is 6.34 Å². The largest absolute Gasteiger partial charge is 0.339 e. The second kappa shape index (κ2) is 3.18. The Morgan fingerprint density at radius 3 is 3.13 bits per heavy atom. The van der Waals surface area contributed by atoms with E-state index in [0.717, 1.165) is 15.2 Å². The predicted molar refractivity (Wildman–Crippen MR) is 64.5 cm³/mol. The zero-order valence-electron chi connectivity index (χ0n) is 8.44. The van der Waals surface area contributed by atoms with E-state index in [1.807, 2.05) is 4.68 Å². The van der Waals surface area contributed by atoms with Crippen LogP contribution in [0.3, 0.4) is 0 Å². The van der Waals surface area contributed by atoms with Crippen LogP contribution in [0.2, 0.25) is 0 Å². The van der Waals surface area contributed by atoms with Gasteiger partial charge in [0.1, 0.15) is 21.6 Å². The Morgan fingerprint density at radius 1 is 1.60 bits per heavy atom. The highest BCUT2D eigenvalue weighted by Crippen LogP contribution is 2.42. The van der Waals surface area contributed by atoms with Crippen LogP contribution in [0.5, 0.6) is 0 Å². The van der Waals surface area contributed by atoms with E-state index >= 15 is 0 Å². The smallest absolute Gasteiger partial charge is 0.183 e. The lowest BCUT2D eigenvalue weighted by atomic mass is 10.2. The maximum atomic E-state index is 5.45. The van der Waals surface area contributed by atoms with Crippen LogP contribution >= 0.6 is 22.6 Å². The predicted octanol–water partition coefficient (Wildman–Crippen LogP) is 1.59. The molecule has 3 heterocycles. The number of aromatic nitrogens is 2. The topological polar surface area (TPSA) is 54.7 Å². The van der Waals surface area contributed by atoms with E-state index in [9.17, 15) is 0 Å². The number of rotatable bonds is 1. The lowest BCUT2D eigenvalue weighted by molar-refractivity contribution is 0.371. The van der Waals surface area contributed by atoms with Crippen molar-refractivity contribution >= 4 is 28.9 Å². The number of fused-ring (bicyclic) bond motifs is 3. The monoisotopic (exact) mass is 318 g/mol. The average molecular weight is 318 g/mol. The van der Waals surface area contributed by atoms with Gasteiger partial charge in [-0.3, -0.25) is 5.43 Å². The molecule has 1 N–H and O–H groups in total. The molecule has 0 saturated carbocycles. The summed E-state index contributed by atoms with van der Waals surface area (Å²) in [5.41, 5.74) is 4.23. The van der Waals surface area contributed by atoms with Crippen molar-refractivity contribution in [3.05, 3.63) is 15.2 Å². The second-order valence-corrected chi connectivity index (χ2v) is 5.01. The second-order valence-electron chi connectivity index (χ2n) is 3.99. The van der Waals surface area contributed by atoms with Gasteiger partial charge in [0.25, 0.3) is 0 Å². The minimum atomic E-state index is -0.0102. The van der Waals surface area contributed by atoms with Crippen LogP contribution in [0.1, 0.15) is 37.4 Å². The fourth-order valence-electron chi connectivity index (χ4n) is 1.77. The summed E-state index contributed by atoms with van der Waals surface area (Å²) in [4.78, 5) is 8.77. The van der Waals surface area contributed by atoms with Gasteiger partial charge in [-0.2, -0.15) is 0 Å². The molecule has 0 amide bonds. The molecule has 6 heteroatoms. The number of ether oxygens (including phenoxy) is 1. The van der Waals surface area contributed by atoms with Crippen molar-refractivity contribution in [1.82, 2.24) is 9.66 Å². The molecule has 0 aliphatic carbocycles. The van der Waals surface area contributed by atoms with Gasteiger partial charge in [0.05, 0.1) is 0 Å². The van der Waals surface area contributed by atoms with E-state index in [1.165, 1.54) is 0 Å². The molecule has 3 rings (SSSR count). The molecule has 2 aliphatic rings. The van der Waals surface area contributed by atoms with Crippen molar-refractivity contribution < 1.29 is 4.74 Å². The normalized spacial score (nSPS) is 26.9. The number of nitrogens with zero attached hydrogens (tertiary/aromatic N) is 3. The molecule has 0 bridgehead atoms. The third-order valence-corrected chi connectivity index (χ3v) is 3.35. The van der Waals surface area contributed by atoms with E-state index in [-0.39, 0.29) is 12.3 Å². The molecular weight excluding hydrogens is 307 g/mol. The molecule has 0 radical (unpaired) electrons. The first-order valence-corrected chi connectivity index (χ1v) is 5.98. The third kappa shape index (κ3) is 1.38. The summed E-state index contributed by atoms with van der Waals surface area (Å²) in [5.74, 6) is 1.40. The van der Waals surface area contributed by atoms with E-state index < -0.39 is 0 Å². The average Bonchev–Trinajstić information content (AvgIpc) is 2.85. The fraction of sp³-hybridized carbons (Fsp3) is 0.556. The zero-order valence-corrected chi connectivity index (χ0v) is 10.6. The van der Waals surface area contributed by atoms with Crippen molar-refractivity contribution in [2.24, 2.45) is 4.99 Å². The van der Waals surface area contributed by atoms with Crippen molar-refractivity contribution in [3.63, 3.8) is 0 Å². The van der Waals surface area contributed by atoms with Gasteiger partial charge in [0.2, 0.25) is 0 Å². The van der Waals surface area contributed by atoms with Crippen molar-refractivity contribution in [2.75, 3.05) is 5.43 Å². The highest BCUT2D eigenvalue weighted by molar-refractivity contribution is 14.1. The molecule has 2 atom stereocenters. The van der Waals surface area contributed by atoms with Gasteiger partial charge < -0.3 is 4.74 Å². The molecule has 1 saturated heterocycles. The first kappa shape index (κ1) is 9.59. The summed E-state index contributed by atoms with van der Waals surface area (Å²) < 4.78 is 8.45. The molecule has 2 aliphatic heterocycles. The van der Waals surface area contributed by atoms with Crippen molar-refractivity contribution in [1.29, 1.82) is 0 Å². The summed E-state index contributed by atoms with van der Waals surface area (Å²) >= 11 is 2.25. The zero-order chi connectivity index (χ0) is 10.6. The van der Waals surface area contributed by atoms with Gasteiger partial charge in [-0.15, -0.1) is 0 Å². The van der Waals surface area contributed by atoms with Crippen molar-refractivity contribution in [3.8, 4) is 0 Å². The van der Waals surface area contributed by atoms with Crippen LogP contribution in [0.25, 0.3) is 0 Å². The molecule has 0 spiro atoms. The number of hydrogen-bond acceptors (Lipinski definition) is 4. The standard InChI is InChI=1S/C9H11IN4O/c1-4(2)8-13-7(10)5-6-9(15-6)11-3-12-14(5)8/h3-4,6,9H,1-2H3,(H,11,12). The Morgan fingerprint density at radius 2 is 2.40 bits per heavy atom. The number of hydrogen-bond donors (Lipinski definition) is 1. The minimum Gasteiger partial charge on any atom is -0.339 e. The molecular formula is C9H11IN4O. The van der Waals surface area contributed by atoms with Crippen molar-refractivity contribution in [2.45, 2.75) is 32.1 Å². The van der Waals surface area contributed by atoms with Crippen LogP contribution < -0.4 is 5.43 Å². The van der Waals surface area contributed by atoms with Crippen LogP contribution in [0.4, 0.5) is 0 Å². The SMILES string of the molecule is CC(C)c1nc(I)c2n1NC=NC1OC21. The Kier molecular flexibility index (Phi) is 2.03. The molecule has 1 aromatic heterocycles. The van der Waals surface area contributed by atoms with Gasteiger partial charge in [0, 0.05) is 5.92 Å². The molecule has 5 nitrogen and oxygen atoms in total. The lowest BCUT2D eigenvalue weighted by Crippen LogP contribution is -2.18. The Balaban J connectivity index is 2.15. The summed E-state index contributed by atoms with van der Waals surface area (Å²) in [7, 11) is 0. The summed E-state index contributed by atoms with van der Waals surface area (Å²) in [6.45, 7) is 4.25. The van der Waals surface area contributed by atoms with Gasteiger partial charge in [0.15, 0.2) is 12.3 Å². The fourth-order valence-corrected chi connectivity index (χ4v) is 2.57.